The van der Waals surface area contributed by atoms with Crippen LogP contribution in [0, 0.1) is 0 Å². The van der Waals surface area contributed by atoms with Gasteiger partial charge in [-0.15, -0.1) is 0 Å². The molecular formula is C21H21N3O6. The van der Waals surface area contributed by atoms with Crippen LogP contribution >= 0.6 is 0 Å². The molecule has 30 heavy (non-hydrogen) atoms. The first-order chi connectivity index (χ1) is 14.4. The lowest BCUT2D eigenvalue weighted by Gasteiger charge is -2.30. The van der Waals surface area contributed by atoms with Crippen molar-refractivity contribution in [2.24, 2.45) is 0 Å². The van der Waals surface area contributed by atoms with Gasteiger partial charge in [-0.2, -0.15) is 5.01 Å². The summed E-state index contributed by atoms with van der Waals surface area (Å²) < 4.78 is 4.96. The molecule has 2 aliphatic rings. The van der Waals surface area contributed by atoms with Crippen LogP contribution in [0.25, 0.3) is 10.8 Å². The van der Waals surface area contributed by atoms with Crippen molar-refractivity contribution in [1.29, 1.82) is 0 Å². The molecule has 156 valence electrons. The first kappa shape index (κ1) is 19.7. The van der Waals surface area contributed by atoms with Gasteiger partial charge in [0.2, 0.25) is 0 Å². The van der Waals surface area contributed by atoms with Gasteiger partial charge >= 0.3 is 12.0 Å². The van der Waals surface area contributed by atoms with Crippen LogP contribution in [-0.4, -0.2) is 46.1 Å². The number of phenols is 1. The maximum atomic E-state index is 12.6. The van der Waals surface area contributed by atoms with Crippen LogP contribution in [0.1, 0.15) is 42.5 Å². The van der Waals surface area contributed by atoms with E-state index in [1.807, 2.05) is 0 Å². The van der Waals surface area contributed by atoms with Gasteiger partial charge < -0.3 is 15.2 Å². The molecule has 4 amide bonds. The van der Waals surface area contributed by atoms with Crippen molar-refractivity contribution < 1.29 is 29.0 Å². The normalized spacial score (nSPS) is 17.8. The summed E-state index contributed by atoms with van der Waals surface area (Å²) in [5.41, 5.74) is 1.15. The van der Waals surface area contributed by atoms with E-state index in [-0.39, 0.29) is 11.3 Å². The van der Waals surface area contributed by atoms with Crippen LogP contribution in [0.5, 0.6) is 5.75 Å². The molecule has 0 atom stereocenters. The molecule has 2 aromatic rings. The lowest BCUT2D eigenvalue weighted by Crippen LogP contribution is -2.51. The molecule has 9 heteroatoms. The fourth-order valence-electron chi connectivity index (χ4n) is 3.97. The highest BCUT2D eigenvalue weighted by Gasteiger charge is 2.52. The van der Waals surface area contributed by atoms with E-state index in [0.717, 1.165) is 30.0 Å². The summed E-state index contributed by atoms with van der Waals surface area (Å²) in [5, 5.41) is 14.9. The number of imide groups is 1. The van der Waals surface area contributed by atoms with Gasteiger partial charge in [0.15, 0.2) is 6.61 Å². The molecule has 1 spiro atoms. The Bertz CT molecular complexity index is 1040. The Morgan fingerprint density at radius 1 is 1.10 bits per heavy atom. The van der Waals surface area contributed by atoms with E-state index in [4.69, 9.17) is 4.74 Å². The van der Waals surface area contributed by atoms with Gasteiger partial charge in [0.25, 0.3) is 11.8 Å². The number of esters is 1. The molecule has 1 saturated heterocycles. The van der Waals surface area contributed by atoms with Gasteiger partial charge in [-0.25, -0.2) is 9.59 Å². The van der Waals surface area contributed by atoms with Crippen LogP contribution in [0.2, 0.25) is 0 Å². The number of ether oxygens (including phenoxy) is 1. The van der Waals surface area contributed by atoms with Gasteiger partial charge in [-0.05, 0) is 35.7 Å². The minimum absolute atomic E-state index is 0.0855. The van der Waals surface area contributed by atoms with Crippen LogP contribution in [0.3, 0.4) is 0 Å². The average molecular weight is 411 g/mol. The van der Waals surface area contributed by atoms with E-state index in [9.17, 15) is 24.3 Å². The predicted octanol–water partition coefficient (Wildman–Crippen LogP) is 1.99. The van der Waals surface area contributed by atoms with Crippen LogP contribution in [-0.2, 0) is 14.3 Å². The average Bonchev–Trinajstić information content (AvgIpc) is 2.96. The minimum atomic E-state index is -0.962. The van der Waals surface area contributed by atoms with Gasteiger partial charge in [0.05, 0.1) is 0 Å². The predicted molar refractivity (Wildman–Crippen MR) is 105 cm³/mol. The second-order valence-corrected chi connectivity index (χ2v) is 7.54. The molecule has 0 aromatic heterocycles. The number of carbonyl (C=O) groups is 4. The SMILES string of the molecule is O=C(COC(=O)c1cc2ccccc2cc1O)NN1C(=O)NC2(CCCCC2)C1=O. The molecule has 2 aromatic carbocycles. The molecule has 1 heterocycles. The zero-order valence-electron chi connectivity index (χ0n) is 16.1. The zero-order valence-corrected chi connectivity index (χ0v) is 16.1. The largest absolute Gasteiger partial charge is 0.507 e. The molecule has 3 N–H and O–H groups in total. The molecule has 1 aliphatic carbocycles. The lowest BCUT2D eigenvalue weighted by atomic mass is 9.82. The summed E-state index contributed by atoms with van der Waals surface area (Å²) in [6, 6.07) is 9.36. The number of phenolic OH excluding ortho intramolecular Hbond substituents is 1. The monoisotopic (exact) mass is 411 g/mol. The first-order valence-corrected chi connectivity index (χ1v) is 9.75. The Morgan fingerprint density at radius 3 is 2.47 bits per heavy atom. The van der Waals surface area contributed by atoms with Crippen molar-refractivity contribution in [2.45, 2.75) is 37.6 Å². The van der Waals surface area contributed by atoms with Crippen LogP contribution in [0.15, 0.2) is 36.4 Å². The summed E-state index contributed by atoms with van der Waals surface area (Å²) in [6.07, 6.45) is 3.69. The Hall–Kier alpha value is -3.62. The number of rotatable bonds is 4. The number of hydrogen-bond acceptors (Lipinski definition) is 6. The Labute approximate surface area is 171 Å². The van der Waals surface area contributed by atoms with Crippen molar-refractivity contribution in [3.63, 3.8) is 0 Å². The van der Waals surface area contributed by atoms with Crippen molar-refractivity contribution in [3.8, 4) is 5.75 Å². The van der Waals surface area contributed by atoms with E-state index in [1.54, 1.807) is 24.3 Å². The molecular weight excluding hydrogens is 390 g/mol. The number of nitrogens with one attached hydrogen (secondary N) is 2. The van der Waals surface area contributed by atoms with E-state index in [0.29, 0.717) is 17.9 Å². The molecule has 4 rings (SSSR count). The summed E-state index contributed by atoms with van der Waals surface area (Å²) in [5.74, 6) is -2.50. The number of hydrazine groups is 1. The van der Waals surface area contributed by atoms with Crippen molar-refractivity contribution in [1.82, 2.24) is 15.8 Å². The topological polar surface area (TPSA) is 125 Å². The maximum Gasteiger partial charge on any atom is 0.344 e. The fourth-order valence-corrected chi connectivity index (χ4v) is 3.97. The number of hydrogen-bond donors (Lipinski definition) is 3. The highest BCUT2D eigenvalue weighted by Crippen LogP contribution is 2.33. The number of amides is 4. The highest BCUT2D eigenvalue weighted by atomic mass is 16.5. The van der Waals surface area contributed by atoms with E-state index in [2.05, 4.69) is 10.7 Å². The smallest absolute Gasteiger partial charge is 0.344 e. The maximum absolute atomic E-state index is 12.6. The third-order valence-corrected chi connectivity index (χ3v) is 5.52. The molecule has 1 saturated carbocycles. The Balaban J connectivity index is 1.38. The minimum Gasteiger partial charge on any atom is -0.507 e. The second-order valence-electron chi connectivity index (χ2n) is 7.54. The van der Waals surface area contributed by atoms with Gasteiger partial charge in [-0.1, -0.05) is 43.5 Å². The molecule has 0 unspecified atom stereocenters. The molecule has 9 nitrogen and oxygen atoms in total. The van der Waals surface area contributed by atoms with Gasteiger partial charge in [-0.3, -0.25) is 15.0 Å². The Kier molecular flexibility index (Phi) is 5.03. The second kappa shape index (κ2) is 7.66. The van der Waals surface area contributed by atoms with Crippen molar-refractivity contribution >= 4 is 34.6 Å². The van der Waals surface area contributed by atoms with Crippen LogP contribution in [0.4, 0.5) is 4.79 Å². The van der Waals surface area contributed by atoms with Crippen LogP contribution < -0.4 is 10.7 Å². The highest BCUT2D eigenvalue weighted by molar-refractivity contribution is 6.08. The van der Waals surface area contributed by atoms with Gasteiger partial charge in [0.1, 0.15) is 16.9 Å². The number of benzene rings is 2. The number of fused-ring (bicyclic) bond motifs is 1. The number of nitrogens with zero attached hydrogens (tertiary/aromatic N) is 1. The summed E-state index contributed by atoms with van der Waals surface area (Å²) in [7, 11) is 0. The molecule has 0 bridgehead atoms. The summed E-state index contributed by atoms with van der Waals surface area (Å²) >= 11 is 0. The van der Waals surface area contributed by atoms with Gasteiger partial charge in [0, 0.05) is 0 Å². The summed E-state index contributed by atoms with van der Waals surface area (Å²) in [6.45, 7) is -0.713. The number of aromatic hydroxyl groups is 1. The third-order valence-electron chi connectivity index (χ3n) is 5.52. The molecule has 0 radical (unpaired) electrons. The van der Waals surface area contributed by atoms with E-state index >= 15 is 0 Å². The quantitative estimate of drug-likeness (QED) is 0.522. The first-order valence-electron chi connectivity index (χ1n) is 9.75. The molecule has 1 aliphatic heterocycles. The molecule has 2 fully saturated rings. The number of urea groups is 1. The Morgan fingerprint density at radius 2 is 1.77 bits per heavy atom. The van der Waals surface area contributed by atoms with E-state index < -0.39 is 36.0 Å². The third kappa shape index (κ3) is 3.54. The van der Waals surface area contributed by atoms with Crippen molar-refractivity contribution in [2.75, 3.05) is 6.61 Å². The number of carbonyl (C=O) groups excluding carboxylic acids is 4. The summed E-state index contributed by atoms with van der Waals surface area (Å²) in [4.78, 5) is 49.3. The van der Waals surface area contributed by atoms with Crippen molar-refractivity contribution in [3.05, 3.63) is 42.0 Å². The lowest BCUT2D eigenvalue weighted by molar-refractivity contribution is -0.140. The zero-order chi connectivity index (χ0) is 21.3. The fraction of sp³-hybridized carbons (Fsp3) is 0.333. The standard InChI is InChI=1S/C21H21N3O6/c25-16-11-14-7-3-2-6-13(14)10-15(16)18(27)30-12-17(26)23-24-19(28)21(22-20(24)29)8-4-1-5-9-21/h2-3,6-7,10-11,25H,1,4-5,8-9,12H2,(H,22,29)(H,23,26). The van der Waals surface area contributed by atoms with E-state index in [1.165, 1.54) is 12.1 Å².